The van der Waals surface area contributed by atoms with Crippen molar-refractivity contribution in [2.75, 3.05) is 12.3 Å². The molecule has 1 amide bonds. The molecular weight excluding hydrogens is 254 g/mol. The molecule has 0 saturated carbocycles. The van der Waals surface area contributed by atoms with Crippen molar-refractivity contribution in [2.45, 2.75) is 18.6 Å². The molecule has 0 fully saturated rings. The van der Waals surface area contributed by atoms with Gasteiger partial charge in [0.1, 0.15) is 0 Å². The molecule has 5 N–H and O–H groups in total. The number of hydrogen-bond donors (Lipinski definition) is 3. The fourth-order valence-corrected chi connectivity index (χ4v) is 2.56. The fourth-order valence-electron chi connectivity index (χ4n) is 1.37. The van der Waals surface area contributed by atoms with E-state index in [0.717, 1.165) is 0 Å². The molecule has 1 aromatic rings. The van der Waals surface area contributed by atoms with E-state index < -0.39 is 15.9 Å². The molecule has 0 radical (unpaired) electrons. The van der Waals surface area contributed by atoms with E-state index in [4.69, 9.17) is 11.5 Å². The predicted octanol–water partition coefficient (Wildman–Crippen LogP) is -0.0463. The van der Waals surface area contributed by atoms with Gasteiger partial charge >= 0.3 is 0 Å². The van der Waals surface area contributed by atoms with Crippen LogP contribution in [-0.2, 0) is 20.6 Å². The van der Waals surface area contributed by atoms with Crippen molar-refractivity contribution in [1.82, 2.24) is 4.72 Å². The Bertz CT molecular complexity index is 497. The van der Waals surface area contributed by atoms with Crippen LogP contribution in [0, 0.1) is 0 Å². The second-order valence-corrected chi connectivity index (χ2v) is 5.77. The Balaban J connectivity index is 2.44. The lowest BCUT2D eigenvalue weighted by molar-refractivity contribution is -0.118. The highest BCUT2D eigenvalue weighted by molar-refractivity contribution is 7.88. The van der Waals surface area contributed by atoms with E-state index in [2.05, 4.69) is 4.72 Å². The van der Waals surface area contributed by atoms with Gasteiger partial charge in [0.25, 0.3) is 0 Å². The summed E-state index contributed by atoms with van der Waals surface area (Å²) in [5.41, 5.74) is 11.7. The third kappa shape index (κ3) is 5.65. The molecule has 1 aromatic carbocycles. The number of rotatable bonds is 7. The minimum absolute atomic E-state index is 0.107. The van der Waals surface area contributed by atoms with Crippen LogP contribution in [0.25, 0.3) is 0 Å². The Hall–Kier alpha value is -1.60. The third-order valence-electron chi connectivity index (χ3n) is 2.26. The molecule has 0 aliphatic heterocycles. The summed E-state index contributed by atoms with van der Waals surface area (Å²) in [4.78, 5) is 10.5. The molecule has 6 nitrogen and oxygen atoms in total. The molecule has 0 heterocycles. The van der Waals surface area contributed by atoms with E-state index in [1.54, 1.807) is 24.3 Å². The summed E-state index contributed by atoms with van der Waals surface area (Å²) in [5, 5.41) is 0. The SMILES string of the molecule is NC(=O)CCCNS(=O)(=O)Cc1ccc(N)cc1. The lowest BCUT2D eigenvalue weighted by Crippen LogP contribution is -2.27. The molecule has 0 aliphatic rings. The zero-order chi connectivity index (χ0) is 13.6. The van der Waals surface area contributed by atoms with Crippen LogP contribution in [-0.4, -0.2) is 20.9 Å². The Labute approximate surface area is 106 Å². The fraction of sp³-hybridized carbons (Fsp3) is 0.364. The van der Waals surface area contributed by atoms with Crippen molar-refractivity contribution < 1.29 is 13.2 Å². The number of nitrogens with two attached hydrogens (primary N) is 2. The first-order valence-electron chi connectivity index (χ1n) is 5.49. The van der Waals surface area contributed by atoms with Gasteiger partial charge in [-0.2, -0.15) is 0 Å². The number of benzene rings is 1. The zero-order valence-corrected chi connectivity index (χ0v) is 10.7. The van der Waals surface area contributed by atoms with Crippen LogP contribution in [0.1, 0.15) is 18.4 Å². The highest BCUT2D eigenvalue weighted by Gasteiger charge is 2.10. The number of anilines is 1. The molecule has 100 valence electrons. The topological polar surface area (TPSA) is 115 Å². The molecule has 0 saturated heterocycles. The van der Waals surface area contributed by atoms with Gasteiger partial charge in [0.15, 0.2) is 0 Å². The van der Waals surface area contributed by atoms with Crippen molar-refractivity contribution in [2.24, 2.45) is 5.73 Å². The van der Waals surface area contributed by atoms with Crippen LogP contribution >= 0.6 is 0 Å². The lowest BCUT2D eigenvalue weighted by atomic mass is 10.2. The van der Waals surface area contributed by atoms with Gasteiger partial charge in [0.2, 0.25) is 15.9 Å². The average Bonchev–Trinajstić information content (AvgIpc) is 2.27. The van der Waals surface area contributed by atoms with Gasteiger partial charge in [-0.15, -0.1) is 0 Å². The monoisotopic (exact) mass is 271 g/mol. The van der Waals surface area contributed by atoms with Crippen LogP contribution in [0.3, 0.4) is 0 Å². The zero-order valence-electron chi connectivity index (χ0n) is 9.93. The Kier molecular flexibility index (Phi) is 5.11. The number of nitrogens with one attached hydrogen (secondary N) is 1. The molecule has 0 unspecified atom stereocenters. The van der Waals surface area contributed by atoms with Gasteiger partial charge < -0.3 is 11.5 Å². The summed E-state index contributed by atoms with van der Waals surface area (Å²) in [6.45, 7) is 0.209. The van der Waals surface area contributed by atoms with Crippen LogP contribution in [0.4, 0.5) is 5.69 Å². The smallest absolute Gasteiger partial charge is 0.217 e. The summed E-state index contributed by atoms with van der Waals surface area (Å²) >= 11 is 0. The highest BCUT2D eigenvalue weighted by atomic mass is 32.2. The minimum atomic E-state index is -3.39. The molecule has 0 aliphatic carbocycles. The minimum Gasteiger partial charge on any atom is -0.399 e. The first-order chi connectivity index (χ1) is 8.39. The normalized spacial score (nSPS) is 11.3. The van der Waals surface area contributed by atoms with Crippen LogP contribution in [0.2, 0.25) is 0 Å². The van der Waals surface area contributed by atoms with E-state index in [-0.39, 0.29) is 18.7 Å². The quantitative estimate of drug-likeness (QED) is 0.476. The summed E-state index contributed by atoms with van der Waals surface area (Å²) in [6, 6.07) is 6.63. The van der Waals surface area contributed by atoms with Crippen molar-refractivity contribution in [3.63, 3.8) is 0 Å². The van der Waals surface area contributed by atoms with Gasteiger partial charge in [0.05, 0.1) is 5.75 Å². The first-order valence-corrected chi connectivity index (χ1v) is 7.14. The van der Waals surface area contributed by atoms with Gasteiger partial charge in [-0.1, -0.05) is 12.1 Å². The van der Waals surface area contributed by atoms with Crippen molar-refractivity contribution in [1.29, 1.82) is 0 Å². The highest BCUT2D eigenvalue weighted by Crippen LogP contribution is 2.08. The van der Waals surface area contributed by atoms with Gasteiger partial charge in [-0.25, -0.2) is 13.1 Å². The second kappa shape index (κ2) is 6.36. The Morgan fingerprint density at radius 1 is 1.22 bits per heavy atom. The van der Waals surface area contributed by atoms with Gasteiger partial charge in [0, 0.05) is 18.7 Å². The van der Waals surface area contributed by atoms with Crippen LogP contribution < -0.4 is 16.2 Å². The lowest BCUT2D eigenvalue weighted by Gasteiger charge is -2.06. The molecule has 0 atom stereocenters. The maximum Gasteiger partial charge on any atom is 0.217 e. The van der Waals surface area contributed by atoms with Crippen molar-refractivity contribution in [3.8, 4) is 0 Å². The van der Waals surface area contributed by atoms with E-state index in [0.29, 0.717) is 17.7 Å². The number of sulfonamides is 1. The van der Waals surface area contributed by atoms with E-state index in [1.165, 1.54) is 0 Å². The molecule has 7 heteroatoms. The molecule has 0 aromatic heterocycles. The van der Waals surface area contributed by atoms with E-state index in [9.17, 15) is 13.2 Å². The summed E-state index contributed by atoms with van der Waals surface area (Å²) in [5.74, 6) is -0.545. The Morgan fingerprint density at radius 3 is 2.39 bits per heavy atom. The van der Waals surface area contributed by atoms with Gasteiger partial charge in [-0.3, -0.25) is 4.79 Å². The molecule has 18 heavy (non-hydrogen) atoms. The van der Waals surface area contributed by atoms with Crippen LogP contribution in [0.5, 0.6) is 0 Å². The van der Waals surface area contributed by atoms with Gasteiger partial charge in [-0.05, 0) is 24.1 Å². The number of carbonyl (C=O) groups is 1. The average molecular weight is 271 g/mol. The van der Waals surface area contributed by atoms with E-state index in [1.807, 2.05) is 0 Å². The maximum atomic E-state index is 11.7. The van der Waals surface area contributed by atoms with Crippen LogP contribution in [0.15, 0.2) is 24.3 Å². The predicted molar refractivity (Wildman–Crippen MR) is 69.9 cm³/mol. The Morgan fingerprint density at radius 2 is 1.83 bits per heavy atom. The number of primary amides is 1. The van der Waals surface area contributed by atoms with Crippen molar-refractivity contribution in [3.05, 3.63) is 29.8 Å². The number of hydrogen-bond acceptors (Lipinski definition) is 4. The number of amides is 1. The second-order valence-electron chi connectivity index (χ2n) is 3.96. The van der Waals surface area contributed by atoms with Crippen molar-refractivity contribution >= 4 is 21.6 Å². The third-order valence-corrected chi connectivity index (χ3v) is 3.62. The van der Waals surface area contributed by atoms with E-state index >= 15 is 0 Å². The molecule has 0 bridgehead atoms. The largest absolute Gasteiger partial charge is 0.399 e. The maximum absolute atomic E-state index is 11.7. The number of carbonyl (C=O) groups excluding carboxylic acids is 1. The first kappa shape index (κ1) is 14.5. The molecule has 1 rings (SSSR count). The summed E-state index contributed by atoms with van der Waals surface area (Å²) < 4.78 is 25.8. The molecular formula is C11H17N3O3S. The number of nitrogen functional groups attached to an aromatic ring is 1. The summed E-state index contributed by atoms with van der Waals surface area (Å²) in [6.07, 6.45) is 0.570. The summed E-state index contributed by atoms with van der Waals surface area (Å²) in [7, 11) is -3.39. The molecule has 0 spiro atoms. The standard InChI is InChI=1S/C11H17N3O3S/c12-10-5-3-9(4-6-10)8-18(16,17)14-7-1-2-11(13)15/h3-6,14H,1-2,7-8,12H2,(H2,13,15).